The van der Waals surface area contributed by atoms with Crippen LogP contribution in [0.4, 0.5) is 0 Å². The number of halogens is 1. The predicted molar refractivity (Wildman–Crippen MR) is 60.1 cm³/mol. The Hall–Kier alpha value is -1.35. The Morgan fingerprint density at radius 3 is 2.67 bits per heavy atom. The summed E-state index contributed by atoms with van der Waals surface area (Å²) in [5, 5.41) is 5.03. The van der Waals surface area contributed by atoms with E-state index in [4.69, 9.17) is 11.6 Å². The summed E-state index contributed by atoms with van der Waals surface area (Å²) in [5.74, 6) is 0. The maximum atomic E-state index is 5.77. The van der Waals surface area contributed by atoms with Gasteiger partial charge in [-0.25, -0.2) is 0 Å². The molecule has 0 aliphatic heterocycles. The summed E-state index contributed by atoms with van der Waals surface area (Å²) in [4.78, 5) is 4.23. The smallest absolute Gasteiger partial charge is 0.0834 e. The zero-order valence-corrected chi connectivity index (χ0v) is 9.49. The van der Waals surface area contributed by atoms with Gasteiger partial charge in [0.15, 0.2) is 0 Å². The second-order valence-electron chi connectivity index (χ2n) is 3.55. The van der Waals surface area contributed by atoms with Gasteiger partial charge in [-0.15, -0.1) is 0 Å². The molecule has 2 aromatic heterocycles. The molecule has 0 saturated heterocycles. The molecule has 0 aromatic carbocycles. The monoisotopic (exact) mass is 221 g/mol. The van der Waals surface area contributed by atoms with Crippen LogP contribution in [0.5, 0.6) is 0 Å². The SMILES string of the molecule is Cc1cc(C)n(Cc2ccc(Cl)cn2)n1. The van der Waals surface area contributed by atoms with Crippen molar-refractivity contribution in [2.24, 2.45) is 0 Å². The first-order chi connectivity index (χ1) is 7.15. The number of hydrogen-bond donors (Lipinski definition) is 0. The zero-order valence-electron chi connectivity index (χ0n) is 8.74. The van der Waals surface area contributed by atoms with Gasteiger partial charge in [0.05, 0.1) is 23.0 Å². The minimum atomic E-state index is 0.659. The molecular formula is C11H12ClN3. The lowest BCUT2D eigenvalue weighted by atomic mass is 10.3. The van der Waals surface area contributed by atoms with Crippen molar-refractivity contribution in [1.29, 1.82) is 0 Å². The highest BCUT2D eigenvalue weighted by Gasteiger charge is 2.02. The van der Waals surface area contributed by atoms with E-state index >= 15 is 0 Å². The van der Waals surface area contributed by atoms with Crippen LogP contribution in [0.25, 0.3) is 0 Å². The second kappa shape index (κ2) is 4.03. The van der Waals surface area contributed by atoms with E-state index in [0.29, 0.717) is 11.6 Å². The molecule has 0 atom stereocenters. The first-order valence-electron chi connectivity index (χ1n) is 4.76. The summed E-state index contributed by atoms with van der Waals surface area (Å²) in [5.41, 5.74) is 3.14. The molecule has 0 saturated carbocycles. The molecule has 0 radical (unpaired) electrons. The maximum absolute atomic E-state index is 5.77. The third-order valence-corrected chi connectivity index (χ3v) is 2.43. The summed E-state index contributed by atoms with van der Waals surface area (Å²) >= 11 is 5.77. The van der Waals surface area contributed by atoms with Crippen molar-refractivity contribution in [2.75, 3.05) is 0 Å². The number of nitrogens with zero attached hydrogens (tertiary/aromatic N) is 3. The molecule has 0 spiro atoms. The van der Waals surface area contributed by atoms with Crippen molar-refractivity contribution < 1.29 is 0 Å². The lowest BCUT2D eigenvalue weighted by molar-refractivity contribution is 0.647. The van der Waals surface area contributed by atoms with Crippen molar-refractivity contribution >= 4 is 11.6 Å². The van der Waals surface area contributed by atoms with Crippen LogP contribution in [-0.4, -0.2) is 14.8 Å². The van der Waals surface area contributed by atoms with Crippen molar-refractivity contribution in [2.45, 2.75) is 20.4 Å². The molecule has 0 N–H and O–H groups in total. The fraction of sp³-hybridized carbons (Fsp3) is 0.273. The standard InChI is InChI=1S/C11H12ClN3/c1-8-5-9(2)15(14-8)7-11-4-3-10(12)6-13-11/h3-6H,7H2,1-2H3. The number of aryl methyl sites for hydroxylation is 2. The minimum Gasteiger partial charge on any atom is -0.264 e. The van der Waals surface area contributed by atoms with Gasteiger partial charge in [-0.1, -0.05) is 11.6 Å². The van der Waals surface area contributed by atoms with Crippen molar-refractivity contribution in [3.8, 4) is 0 Å². The van der Waals surface area contributed by atoms with Crippen LogP contribution in [0, 0.1) is 13.8 Å². The largest absolute Gasteiger partial charge is 0.264 e. The highest BCUT2D eigenvalue weighted by Crippen LogP contribution is 2.09. The van der Waals surface area contributed by atoms with Gasteiger partial charge in [-0.05, 0) is 32.0 Å². The zero-order chi connectivity index (χ0) is 10.8. The molecule has 4 heteroatoms. The van der Waals surface area contributed by atoms with Gasteiger partial charge in [0.2, 0.25) is 0 Å². The number of rotatable bonds is 2. The molecule has 0 fully saturated rings. The van der Waals surface area contributed by atoms with Crippen LogP contribution in [-0.2, 0) is 6.54 Å². The van der Waals surface area contributed by atoms with E-state index in [-0.39, 0.29) is 0 Å². The van der Waals surface area contributed by atoms with E-state index in [1.54, 1.807) is 6.20 Å². The normalized spacial score (nSPS) is 10.6. The predicted octanol–water partition coefficient (Wildman–Crippen LogP) is 2.60. The fourth-order valence-electron chi connectivity index (χ4n) is 1.49. The molecule has 0 amide bonds. The Morgan fingerprint density at radius 2 is 2.13 bits per heavy atom. The molecule has 15 heavy (non-hydrogen) atoms. The Bertz CT molecular complexity index is 459. The quantitative estimate of drug-likeness (QED) is 0.781. The number of pyridine rings is 1. The van der Waals surface area contributed by atoms with Gasteiger partial charge in [-0.2, -0.15) is 5.10 Å². The van der Waals surface area contributed by atoms with E-state index in [9.17, 15) is 0 Å². The van der Waals surface area contributed by atoms with Crippen LogP contribution in [0.1, 0.15) is 17.1 Å². The Kier molecular flexibility index (Phi) is 2.73. The lowest BCUT2D eigenvalue weighted by Gasteiger charge is -2.03. The van der Waals surface area contributed by atoms with E-state index in [1.165, 1.54) is 0 Å². The minimum absolute atomic E-state index is 0.659. The summed E-state index contributed by atoms with van der Waals surface area (Å²) in [6.07, 6.45) is 1.66. The molecule has 2 rings (SSSR count). The van der Waals surface area contributed by atoms with E-state index in [2.05, 4.69) is 16.1 Å². The average molecular weight is 222 g/mol. The summed E-state index contributed by atoms with van der Waals surface area (Å²) in [6.45, 7) is 4.71. The molecule has 0 aliphatic carbocycles. The molecule has 78 valence electrons. The van der Waals surface area contributed by atoms with Gasteiger partial charge in [-0.3, -0.25) is 9.67 Å². The number of aromatic nitrogens is 3. The van der Waals surface area contributed by atoms with Crippen LogP contribution in [0.15, 0.2) is 24.4 Å². The summed E-state index contributed by atoms with van der Waals surface area (Å²) in [7, 11) is 0. The highest BCUT2D eigenvalue weighted by molar-refractivity contribution is 6.30. The molecule has 0 unspecified atom stereocenters. The van der Waals surface area contributed by atoms with E-state index in [0.717, 1.165) is 17.1 Å². The Labute approximate surface area is 93.7 Å². The van der Waals surface area contributed by atoms with Crippen LogP contribution in [0.3, 0.4) is 0 Å². The van der Waals surface area contributed by atoms with Gasteiger partial charge in [0.25, 0.3) is 0 Å². The first-order valence-corrected chi connectivity index (χ1v) is 5.14. The molecule has 0 bridgehead atoms. The van der Waals surface area contributed by atoms with E-state index < -0.39 is 0 Å². The third-order valence-electron chi connectivity index (χ3n) is 2.20. The topological polar surface area (TPSA) is 30.7 Å². The van der Waals surface area contributed by atoms with Crippen molar-refractivity contribution in [1.82, 2.24) is 14.8 Å². The summed E-state index contributed by atoms with van der Waals surface area (Å²) < 4.78 is 1.94. The van der Waals surface area contributed by atoms with E-state index in [1.807, 2.05) is 30.7 Å². The first kappa shape index (κ1) is 10.2. The molecule has 3 nitrogen and oxygen atoms in total. The summed E-state index contributed by atoms with van der Waals surface area (Å²) in [6, 6.07) is 5.81. The molecule has 2 aromatic rings. The van der Waals surface area contributed by atoms with Gasteiger partial charge < -0.3 is 0 Å². The van der Waals surface area contributed by atoms with Crippen molar-refractivity contribution in [3.05, 3.63) is 46.5 Å². The van der Waals surface area contributed by atoms with Crippen LogP contribution >= 0.6 is 11.6 Å². The van der Waals surface area contributed by atoms with Gasteiger partial charge >= 0.3 is 0 Å². The van der Waals surface area contributed by atoms with Crippen molar-refractivity contribution in [3.63, 3.8) is 0 Å². The third kappa shape index (κ3) is 2.36. The maximum Gasteiger partial charge on any atom is 0.0834 e. The molecule has 2 heterocycles. The van der Waals surface area contributed by atoms with Crippen LogP contribution < -0.4 is 0 Å². The highest BCUT2D eigenvalue weighted by atomic mass is 35.5. The second-order valence-corrected chi connectivity index (χ2v) is 3.99. The average Bonchev–Trinajstić information content (AvgIpc) is 2.49. The Morgan fingerprint density at radius 1 is 1.33 bits per heavy atom. The van der Waals surface area contributed by atoms with Gasteiger partial charge in [0.1, 0.15) is 0 Å². The lowest BCUT2D eigenvalue weighted by Crippen LogP contribution is -2.05. The number of hydrogen-bond acceptors (Lipinski definition) is 2. The molecule has 0 aliphatic rings. The van der Waals surface area contributed by atoms with Gasteiger partial charge in [0, 0.05) is 11.9 Å². The molecular weight excluding hydrogens is 210 g/mol. The fourth-order valence-corrected chi connectivity index (χ4v) is 1.60. The van der Waals surface area contributed by atoms with Crippen LogP contribution in [0.2, 0.25) is 5.02 Å². The Balaban J connectivity index is 2.21.